The maximum atomic E-state index is 13.8. The van der Waals surface area contributed by atoms with Crippen LogP contribution in [0.15, 0.2) is 66.8 Å². The molecule has 1 spiro atoms. The first-order chi connectivity index (χ1) is 15.8. The van der Waals surface area contributed by atoms with Crippen LogP contribution in [0.4, 0.5) is 0 Å². The Hall–Kier alpha value is -2.21. The SMILES string of the molecule is C=C1[C@@H](C)[C@H]2[C@H](Cc3ccccc3)NC(=O)[C@]23[C@H](O)C=C[C@@H](C)C[C@@H](CO)CC=C[C@H]3[C@@H]1O. The molecule has 1 aliphatic heterocycles. The molecule has 3 aliphatic rings. The van der Waals surface area contributed by atoms with Crippen LogP contribution < -0.4 is 5.32 Å². The predicted molar refractivity (Wildman–Crippen MR) is 129 cm³/mol. The maximum absolute atomic E-state index is 13.8. The van der Waals surface area contributed by atoms with Gasteiger partial charge >= 0.3 is 0 Å². The summed E-state index contributed by atoms with van der Waals surface area (Å²) in [6, 6.07) is 9.88. The number of benzene rings is 1. The van der Waals surface area contributed by atoms with Crippen LogP contribution in [-0.2, 0) is 11.2 Å². The minimum absolute atomic E-state index is 0.0788. The molecule has 33 heavy (non-hydrogen) atoms. The quantitative estimate of drug-likeness (QED) is 0.532. The van der Waals surface area contributed by atoms with Gasteiger partial charge in [0, 0.05) is 24.5 Å². The fraction of sp³-hybridized carbons (Fsp3) is 0.536. The van der Waals surface area contributed by atoms with Gasteiger partial charge in [-0.1, -0.05) is 75.1 Å². The third kappa shape index (κ3) is 4.11. The molecule has 0 unspecified atom stereocenters. The number of amides is 1. The Morgan fingerprint density at radius 3 is 2.55 bits per heavy atom. The normalized spacial score (nSPS) is 41.1. The van der Waals surface area contributed by atoms with Gasteiger partial charge in [-0.05, 0) is 48.2 Å². The fourth-order valence-corrected chi connectivity index (χ4v) is 6.56. The molecule has 4 rings (SSSR count). The Morgan fingerprint density at radius 1 is 1.12 bits per heavy atom. The second-order valence-corrected chi connectivity index (χ2v) is 10.3. The largest absolute Gasteiger partial charge is 0.396 e. The molecule has 1 saturated carbocycles. The molecule has 1 amide bonds. The molecule has 178 valence electrons. The van der Waals surface area contributed by atoms with E-state index in [0.29, 0.717) is 18.4 Å². The van der Waals surface area contributed by atoms with Gasteiger partial charge in [-0.2, -0.15) is 0 Å². The summed E-state index contributed by atoms with van der Waals surface area (Å²) in [5, 5.41) is 35.9. The second-order valence-electron chi connectivity index (χ2n) is 10.3. The molecule has 0 aromatic heterocycles. The van der Waals surface area contributed by atoms with Crippen molar-refractivity contribution in [3.05, 3.63) is 72.4 Å². The zero-order chi connectivity index (χ0) is 23.8. The van der Waals surface area contributed by atoms with Gasteiger partial charge in [0.05, 0.1) is 17.6 Å². The number of hydrogen-bond donors (Lipinski definition) is 4. The van der Waals surface area contributed by atoms with E-state index in [4.69, 9.17) is 0 Å². The monoisotopic (exact) mass is 451 g/mol. The Kier molecular flexibility index (Phi) is 6.94. The lowest BCUT2D eigenvalue weighted by molar-refractivity contribution is -0.147. The molecule has 2 aliphatic carbocycles. The summed E-state index contributed by atoms with van der Waals surface area (Å²) in [5.74, 6) is -0.923. The van der Waals surface area contributed by atoms with E-state index in [9.17, 15) is 20.1 Å². The summed E-state index contributed by atoms with van der Waals surface area (Å²) in [4.78, 5) is 13.8. The predicted octanol–water partition coefficient (Wildman–Crippen LogP) is 3.02. The Balaban J connectivity index is 1.82. The van der Waals surface area contributed by atoms with E-state index in [1.165, 1.54) is 0 Å². The fourth-order valence-electron chi connectivity index (χ4n) is 6.56. The zero-order valence-corrected chi connectivity index (χ0v) is 19.6. The topological polar surface area (TPSA) is 89.8 Å². The number of aliphatic hydroxyl groups excluding tert-OH is 3. The van der Waals surface area contributed by atoms with Crippen LogP contribution in [0.3, 0.4) is 0 Å². The highest BCUT2D eigenvalue weighted by atomic mass is 16.3. The van der Waals surface area contributed by atoms with Crippen LogP contribution in [0.1, 0.15) is 32.3 Å². The van der Waals surface area contributed by atoms with E-state index in [2.05, 4.69) is 31.0 Å². The van der Waals surface area contributed by atoms with Crippen LogP contribution in [0.5, 0.6) is 0 Å². The van der Waals surface area contributed by atoms with Crippen LogP contribution in [0.2, 0.25) is 0 Å². The summed E-state index contributed by atoms with van der Waals surface area (Å²) < 4.78 is 0. The van der Waals surface area contributed by atoms with Gasteiger partial charge in [-0.3, -0.25) is 4.79 Å². The minimum Gasteiger partial charge on any atom is -0.396 e. The molecule has 1 heterocycles. The first kappa shape index (κ1) is 23.9. The number of carbonyl (C=O) groups is 1. The molecule has 0 radical (unpaired) electrons. The van der Waals surface area contributed by atoms with Gasteiger partial charge in [-0.25, -0.2) is 0 Å². The average molecular weight is 452 g/mol. The molecule has 1 aromatic rings. The van der Waals surface area contributed by atoms with Crippen molar-refractivity contribution in [3.8, 4) is 0 Å². The molecule has 9 atom stereocenters. The van der Waals surface area contributed by atoms with Crippen LogP contribution >= 0.6 is 0 Å². The number of hydrogen-bond acceptors (Lipinski definition) is 4. The van der Waals surface area contributed by atoms with Crippen LogP contribution in [0.25, 0.3) is 0 Å². The molecule has 0 bridgehead atoms. The molecular weight excluding hydrogens is 414 g/mol. The number of allylic oxidation sites excluding steroid dienone is 2. The molecule has 5 heteroatoms. The van der Waals surface area contributed by atoms with Crippen molar-refractivity contribution in [1.29, 1.82) is 0 Å². The lowest BCUT2D eigenvalue weighted by Crippen LogP contribution is -2.59. The van der Waals surface area contributed by atoms with Crippen LogP contribution in [-0.4, -0.2) is 46.1 Å². The van der Waals surface area contributed by atoms with Crippen molar-refractivity contribution in [2.24, 2.45) is 35.0 Å². The smallest absolute Gasteiger partial charge is 0.230 e. The van der Waals surface area contributed by atoms with Gasteiger partial charge in [-0.15, -0.1) is 0 Å². The zero-order valence-electron chi connectivity index (χ0n) is 19.6. The second kappa shape index (κ2) is 9.57. The van der Waals surface area contributed by atoms with Gasteiger partial charge < -0.3 is 20.6 Å². The number of carbonyl (C=O) groups excluding carboxylic acids is 1. The lowest BCUT2D eigenvalue weighted by Gasteiger charge is -2.51. The highest BCUT2D eigenvalue weighted by Gasteiger charge is 2.67. The number of rotatable bonds is 3. The average Bonchev–Trinajstić information content (AvgIpc) is 3.08. The summed E-state index contributed by atoms with van der Waals surface area (Å²) in [6.45, 7) is 8.37. The summed E-state index contributed by atoms with van der Waals surface area (Å²) in [6.07, 6.45) is 7.71. The third-order valence-corrected chi connectivity index (χ3v) is 8.28. The van der Waals surface area contributed by atoms with Gasteiger partial charge in [0.25, 0.3) is 0 Å². The number of aliphatic hydroxyl groups is 3. The van der Waals surface area contributed by atoms with Crippen molar-refractivity contribution in [1.82, 2.24) is 5.32 Å². The minimum atomic E-state index is -1.19. The summed E-state index contributed by atoms with van der Waals surface area (Å²) >= 11 is 0. The van der Waals surface area contributed by atoms with E-state index in [0.717, 1.165) is 12.0 Å². The molecule has 1 aromatic carbocycles. The molecular formula is C28H37NO4. The van der Waals surface area contributed by atoms with Gasteiger partial charge in [0.2, 0.25) is 5.91 Å². The molecule has 5 nitrogen and oxygen atoms in total. The Labute approximate surface area is 196 Å². The van der Waals surface area contributed by atoms with Crippen molar-refractivity contribution in [2.45, 2.75) is 51.4 Å². The Bertz CT molecular complexity index is 925. The van der Waals surface area contributed by atoms with E-state index >= 15 is 0 Å². The molecule has 1 saturated heterocycles. The third-order valence-electron chi connectivity index (χ3n) is 8.28. The highest BCUT2D eigenvalue weighted by molar-refractivity contribution is 5.88. The van der Waals surface area contributed by atoms with E-state index < -0.39 is 23.5 Å². The molecule has 2 fully saturated rings. The maximum Gasteiger partial charge on any atom is 0.230 e. The summed E-state index contributed by atoms with van der Waals surface area (Å²) in [7, 11) is 0. The summed E-state index contributed by atoms with van der Waals surface area (Å²) in [5.41, 5.74) is 0.639. The van der Waals surface area contributed by atoms with Gasteiger partial charge in [0.1, 0.15) is 0 Å². The standard InChI is InChI=1S/C28H37NO4/c1-17-12-13-24(31)28-22(11-7-10-21(14-17)16-30)26(32)19(3)18(2)25(28)23(29-27(28)33)15-20-8-5-4-6-9-20/h4-9,11-13,17-18,21-26,30-32H,3,10,14-16H2,1-2H3,(H,29,33)/t17-,18-,21+,22+,23+,24-,25+,26-,28-/m1/s1. The van der Waals surface area contributed by atoms with Crippen molar-refractivity contribution in [3.63, 3.8) is 0 Å². The number of nitrogens with one attached hydrogen (secondary N) is 1. The van der Waals surface area contributed by atoms with E-state index in [1.807, 2.05) is 43.4 Å². The Morgan fingerprint density at radius 2 is 1.85 bits per heavy atom. The van der Waals surface area contributed by atoms with E-state index in [-0.39, 0.29) is 42.2 Å². The van der Waals surface area contributed by atoms with Crippen molar-refractivity contribution >= 4 is 5.91 Å². The lowest BCUT2D eigenvalue weighted by atomic mass is 9.51. The van der Waals surface area contributed by atoms with E-state index in [1.54, 1.807) is 6.08 Å². The van der Waals surface area contributed by atoms with Crippen LogP contribution in [0, 0.1) is 35.0 Å². The van der Waals surface area contributed by atoms with Crippen molar-refractivity contribution in [2.75, 3.05) is 6.61 Å². The first-order valence-electron chi connectivity index (χ1n) is 12.2. The van der Waals surface area contributed by atoms with Crippen molar-refractivity contribution < 1.29 is 20.1 Å². The first-order valence-corrected chi connectivity index (χ1v) is 12.2. The van der Waals surface area contributed by atoms with Gasteiger partial charge in [0.15, 0.2) is 0 Å². The molecule has 4 N–H and O–H groups in total. The highest BCUT2D eigenvalue weighted by Crippen LogP contribution is 2.57.